The van der Waals surface area contributed by atoms with E-state index in [0.717, 1.165) is 0 Å². The molecule has 0 aliphatic heterocycles. The minimum Gasteiger partial charge on any atom is -0.281 e. The minimum atomic E-state index is -0.612. The van der Waals surface area contributed by atoms with E-state index in [-0.39, 0.29) is 5.69 Å². The number of rotatable bonds is 4. The molecule has 0 bridgehead atoms. The van der Waals surface area contributed by atoms with Crippen molar-refractivity contribution < 1.29 is 14.9 Å². The first-order valence-corrected chi connectivity index (χ1v) is 6.08. The highest BCUT2D eigenvalue weighted by Gasteiger charge is 2.09. The summed E-state index contributed by atoms with van der Waals surface area (Å²) < 4.78 is 0. The fraction of sp³-hybridized carbons (Fsp3) is 0. The number of hydroxylamine groups is 1. The number of hydrogen-bond donors (Lipinski definition) is 1. The average Bonchev–Trinajstić information content (AvgIpc) is 2.53. The van der Waals surface area contributed by atoms with Crippen molar-refractivity contribution in [3.63, 3.8) is 0 Å². The van der Waals surface area contributed by atoms with Crippen molar-refractivity contribution in [1.82, 2.24) is 0 Å². The summed E-state index contributed by atoms with van der Waals surface area (Å²) in [5.41, 5.74) is 0.956. The van der Waals surface area contributed by atoms with Crippen LogP contribution in [-0.2, 0) is 4.79 Å². The molecule has 0 radical (unpaired) electrons. The van der Waals surface area contributed by atoms with Crippen molar-refractivity contribution in [2.24, 2.45) is 0 Å². The molecule has 0 aliphatic carbocycles. The molecule has 0 saturated carbocycles. The van der Waals surface area contributed by atoms with Gasteiger partial charge in [0, 0.05) is 18.2 Å². The topological polar surface area (TPSA) is 83.7 Å². The molecule has 0 heterocycles. The number of hydrogen-bond acceptors (Lipinski definition) is 4. The van der Waals surface area contributed by atoms with Crippen molar-refractivity contribution in [2.75, 3.05) is 5.06 Å². The van der Waals surface area contributed by atoms with Gasteiger partial charge in [-0.3, -0.25) is 20.1 Å². The van der Waals surface area contributed by atoms with Crippen LogP contribution >= 0.6 is 0 Å². The Morgan fingerprint density at radius 3 is 2.29 bits per heavy atom. The number of anilines is 1. The van der Waals surface area contributed by atoms with Gasteiger partial charge in [0.2, 0.25) is 0 Å². The zero-order valence-corrected chi connectivity index (χ0v) is 10.9. The summed E-state index contributed by atoms with van der Waals surface area (Å²) in [4.78, 5) is 21.8. The summed E-state index contributed by atoms with van der Waals surface area (Å²) in [6.07, 6.45) is 2.66. The molecular weight excluding hydrogens is 272 g/mol. The molecule has 0 fully saturated rings. The predicted molar refractivity (Wildman–Crippen MR) is 77.8 cm³/mol. The smallest absolute Gasteiger partial charge is 0.274 e. The van der Waals surface area contributed by atoms with Gasteiger partial charge in [0.1, 0.15) is 0 Å². The molecule has 6 nitrogen and oxygen atoms in total. The van der Waals surface area contributed by atoms with Gasteiger partial charge in [-0.25, -0.2) is 0 Å². The quantitative estimate of drug-likeness (QED) is 0.405. The van der Waals surface area contributed by atoms with Gasteiger partial charge in [-0.15, -0.1) is 0 Å². The number of carbonyl (C=O) groups excluding carboxylic acids is 1. The third kappa shape index (κ3) is 3.74. The summed E-state index contributed by atoms with van der Waals surface area (Å²) in [6.45, 7) is 0. The van der Waals surface area contributed by atoms with Crippen molar-refractivity contribution in [3.8, 4) is 0 Å². The lowest BCUT2D eigenvalue weighted by atomic mass is 10.2. The van der Waals surface area contributed by atoms with Gasteiger partial charge >= 0.3 is 0 Å². The van der Waals surface area contributed by atoms with Crippen LogP contribution in [0, 0.1) is 10.1 Å². The lowest BCUT2D eigenvalue weighted by molar-refractivity contribution is -0.384. The molecular formula is C15H12N2O4. The van der Waals surface area contributed by atoms with E-state index in [1.807, 2.05) is 0 Å². The highest BCUT2D eigenvalue weighted by molar-refractivity contribution is 6.02. The lowest BCUT2D eigenvalue weighted by Gasteiger charge is -2.12. The van der Waals surface area contributed by atoms with E-state index in [9.17, 15) is 20.1 Å². The van der Waals surface area contributed by atoms with E-state index in [1.54, 1.807) is 30.3 Å². The molecule has 0 unspecified atom stereocenters. The summed E-state index contributed by atoms with van der Waals surface area (Å²) >= 11 is 0. The Morgan fingerprint density at radius 1 is 1.10 bits per heavy atom. The first kappa shape index (κ1) is 14.4. The molecule has 6 heteroatoms. The van der Waals surface area contributed by atoms with Gasteiger partial charge < -0.3 is 0 Å². The van der Waals surface area contributed by atoms with Crippen LogP contribution in [0.1, 0.15) is 5.56 Å². The van der Waals surface area contributed by atoms with E-state index < -0.39 is 10.8 Å². The standard InChI is InChI=1S/C15H12N2O4/c18-15(16(19)13-4-2-1-3-5-13)11-8-12-6-9-14(10-7-12)17(20)21/h1-11,19H/b11-8+. The maximum atomic E-state index is 11.8. The van der Waals surface area contributed by atoms with E-state index in [2.05, 4.69) is 0 Å². The van der Waals surface area contributed by atoms with Crippen LogP contribution in [0.15, 0.2) is 60.7 Å². The van der Waals surface area contributed by atoms with Gasteiger partial charge in [0.15, 0.2) is 0 Å². The Labute approximate surface area is 120 Å². The van der Waals surface area contributed by atoms with Gasteiger partial charge in [0.25, 0.3) is 11.6 Å². The summed E-state index contributed by atoms with van der Waals surface area (Å²) in [6, 6.07) is 14.1. The molecule has 0 spiro atoms. The molecule has 2 aromatic carbocycles. The highest BCUT2D eigenvalue weighted by atomic mass is 16.6. The molecule has 2 aromatic rings. The van der Waals surface area contributed by atoms with Gasteiger partial charge in [-0.1, -0.05) is 18.2 Å². The Hall–Kier alpha value is -2.99. The summed E-state index contributed by atoms with van der Waals surface area (Å²) in [5.74, 6) is -0.612. The van der Waals surface area contributed by atoms with E-state index in [4.69, 9.17) is 0 Å². The molecule has 0 aromatic heterocycles. The predicted octanol–water partition coefficient (Wildman–Crippen LogP) is 3.03. The Kier molecular flexibility index (Phi) is 4.43. The number of nitrogens with zero attached hydrogens (tertiary/aromatic N) is 2. The van der Waals surface area contributed by atoms with Crippen LogP contribution in [0.4, 0.5) is 11.4 Å². The van der Waals surface area contributed by atoms with Crippen LogP contribution in [-0.4, -0.2) is 16.0 Å². The number of amides is 1. The van der Waals surface area contributed by atoms with Crippen LogP contribution in [0.5, 0.6) is 0 Å². The maximum absolute atomic E-state index is 11.8. The molecule has 0 saturated heterocycles. The SMILES string of the molecule is O=C(/C=C/c1ccc([N+](=O)[O-])cc1)N(O)c1ccccc1. The van der Waals surface area contributed by atoms with Crippen molar-refractivity contribution in [3.05, 3.63) is 76.4 Å². The normalized spacial score (nSPS) is 10.5. The van der Waals surface area contributed by atoms with E-state index in [0.29, 0.717) is 16.3 Å². The molecule has 0 aliphatic rings. The second kappa shape index (κ2) is 6.44. The number of nitro benzene ring substituents is 1. The second-order valence-electron chi connectivity index (χ2n) is 4.17. The Balaban J connectivity index is 2.06. The van der Waals surface area contributed by atoms with Crippen molar-refractivity contribution in [2.45, 2.75) is 0 Å². The molecule has 106 valence electrons. The first-order chi connectivity index (χ1) is 10.1. The minimum absolute atomic E-state index is 0.0217. The molecule has 1 N–H and O–H groups in total. The molecule has 1 amide bonds. The number of para-hydroxylation sites is 1. The van der Waals surface area contributed by atoms with Gasteiger partial charge in [-0.05, 0) is 35.9 Å². The fourth-order valence-corrected chi connectivity index (χ4v) is 1.64. The molecule has 0 atom stereocenters. The summed E-state index contributed by atoms with van der Waals surface area (Å²) in [5, 5.41) is 20.8. The van der Waals surface area contributed by atoms with Gasteiger partial charge in [0.05, 0.1) is 10.6 Å². The number of benzene rings is 2. The Bertz CT molecular complexity index is 666. The second-order valence-corrected chi connectivity index (χ2v) is 4.17. The van der Waals surface area contributed by atoms with Crippen LogP contribution in [0.25, 0.3) is 6.08 Å². The molecule has 21 heavy (non-hydrogen) atoms. The van der Waals surface area contributed by atoms with Crippen molar-refractivity contribution >= 4 is 23.4 Å². The van der Waals surface area contributed by atoms with E-state index >= 15 is 0 Å². The van der Waals surface area contributed by atoms with Crippen molar-refractivity contribution in [1.29, 1.82) is 0 Å². The lowest BCUT2D eigenvalue weighted by Crippen LogP contribution is -2.24. The van der Waals surface area contributed by atoms with E-state index in [1.165, 1.54) is 36.4 Å². The average molecular weight is 284 g/mol. The summed E-state index contributed by atoms with van der Waals surface area (Å²) in [7, 11) is 0. The van der Waals surface area contributed by atoms with Crippen LogP contribution in [0.2, 0.25) is 0 Å². The number of non-ortho nitro benzene ring substituents is 1. The van der Waals surface area contributed by atoms with Gasteiger partial charge in [-0.2, -0.15) is 5.06 Å². The third-order valence-corrected chi connectivity index (χ3v) is 2.73. The number of carbonyl (C=O) groups is 1. The third-order valence-electron chi connectivity index (χ3n) is 2.73. The number of nitro groups is 1. The first-order valence-electron chi connectivity index (χ1n) is 6.08. The fourth-order valence-electron chi connectivity index (χ4n) is 1.64. The Morgan fingerprint density at radius 2 is 1.71 bits per heavy atom. The highest BCUT2D eigenvalue weighted by Crippen LogP contribution is 2.14. The zero-order valence-electron chi connectivity index (χ0n) is 10.9. The van der Waals surface area contributed by atoms with Crippen LogP contribution < -0.4 is 5.06 Å². The monoisotopic (exact) mass is 284 g/mol. The zero-order chi connectivity index (χ0) is 15.2. The maximum Gasteiger partial charge on any atom is 0.274 e. The molecule has 2 rings (SSSR count). The van der Waals surface area contributed by atoms with Crippen LogP contribution in [0.3, 0.4) is 0 Å². The largest absolute Gasteiger partial charge is 0.281 e.